The molecule has 78 valence electrons. The molecular weight excluding hydrogens is 220 g/mol. The number of aromatic amines is 1. The molecule has 0 atom stereocenters. The van der Waals surface area contributed by atoms with Crippen LogP contribution in [-0.4, -0.2) is 9.97 Å². The molecule has 1 N–H and O–H groups in total. The molecule has 0 aliphatic rings. The number of nitrogens with one attached hydrogen (secondary N) is 1. The highest BCUT2D eigenvalue weighted by molar-refractivity contribution is 6.30. The van der Waals surface area contributed by atoms with E-state index in [1.165, 1.54) is 0 Å². The molecule has 2 aromatic heterocycles. The van der Waals surface area contributed by atoms with Crippen molar-refractivity contribution in [3.63, 3.8) is 0 Å². The van der Waals surface area contributed by atoms with E-state index in [2.05, 4.69) is 16.0 Å². The van der Waals surface area contributed by atoms with E-state index in [0.29, 0.717) is 0 Å². The quantitative estimate of drug-likeness (QED) is 0.673. The first-order valence-electron chi connectivity index (χ1n) is 5.02. The predicted octanol–water partition coefficient (Wildman–Crippen LogP) is 3.88. The van der Waals surface area contributed by atoms with Crippen molar-refractivity contribution < 1.29 is 0 Å². The lowest BCUT2D eigenvalue weighted by Crippen LogP contribution is -1.81. The van der Waals surface area contributed by atoms with Crippen LogP contribution in [0, 0.1) is 0 Å². The van der Waals surface area contributed by atoms with Gasteiger partial charge in [0.1, 0.15) is 5.65 Å². The van der Waals surface area contributed by atoms with Crippen LogP contribution < -0.4 is 0 Å². The van der Waals surface area contributed by atoms with Gasteiger partial charge in [-0.25, -0.2) is 4.98 Å². The van der Waals surface area contributed by atoms with Crippen LogP contribution in [-0.2, 0) is 0 Å². The monoisotopic (exact) mass is 228 g/mol. The second-order valence-corrected chi connectivity index (χ2v) is 4.08. The fourth-order valence-corrected chi connectivity index (χ4v) is 1.87. The van der Waals surface area contributed by atoms with Crippen molar-refractivity contribution >= 4 is 22.6 Å². The van der Waals surface area contributed by atoms with Crippen LogP contribution >= 0.6 is 11.6 Å². The number of hydrogen-bond donors (Lipinski definition) is 1. The van der Waals surface area contributed by atoms with E-state index in [1.54, 1.807) is 0 Å². The Morgan fingerprint density at radius 2 is 1.81 bits per heavy atom. The van der Waals surface area contributed by atoms with Crippen molar-refractivity contribution in [3.8, 4) is 11.1 Å². The number of rotatable bonds is 1. The third-order valence-electron chi connectivity index (χ3n) is 2.58. The molecule has 16 heavy (non-hydrogen) atoms. The number of benzene rings is 1. The van der Waals surface area contributed by atoms with Crippen LogP contribution in [0.5, 0.6) is 0 Å². The summed E-state index contributed by atoms with van der Waals surface area (Å²) in [5, 5.41) is 1.87. The van der Waals surface area contributed by atoms with Gasteiger partial charge in [0, 0.05) is 28.4 Å². The average Bonchev–Trinajstić information content (AvgIpc) is 2.77. The van der Waals surface area contributed by atoms with Crippen LogP contribution in [0.15, 0.2) is 48.8 Å². The SMILES string of the molecule is Clc1ccc(-c2cnc3[nH]ccc3c2)cc1. The molecule has 0 bridgehead atoms. The van der Waals surface area contributed by atoms with Gasteiger partial charge in [-0.1, -0.05) is 23.7 Å². The summed E-state index contributed by atoms with van der Waals surface area (Å²) in [7, 11) is 0. The topological polar surface area (TPSA) is 28.7 Å². The highest BCUT2D eigenvalue weighted by Gasteiger charge is 2.01. The third-order valence-corrected chi connectivity index (χ3v) is 2.83. The van der Waals surface area contributed by atoms with Gasteiger partial charge in [0.15, 0.2) is 0 Å². The zero-order chi connectivity index (χ0) is 11.0. The summed E-state index contributed by atoms with van der Waals surface area (Å²) in [6, 6.07) is 11.9. The Bertz CT molecular complexity index is 626. The zero-order valence-electron chi connectivity index (χ0n) is 8.44. The van der Waals surface area contributed by atoms with E-state index in [9.17, 15) is 0 Å². The molecule has 0 fully saturated rings. The van der Waals surface area contributed by atoms with Crippen molar-refractivity contribution in [1.82, 2.24) is 9.97 Å². The first kappa shape index (κ1) is 9.43. The lowest BCUT2D eigenvalue weighted by Gasteiger charge is -2.01. The molecule has 0 radical (unpaired) electrons. The molecule has 0 unspecified atom stereocenters. The normalized spacial score (nSPS) is 10.8. The van der Waals surface area contributed by atoms with Gasteiger partial charge in [-0.3, -0.25) is 0 Å². The Morgan fingerprint density at radius 1 is 1.00 bits per heavy atom. The summed E-state index contributed by atoms with van der Waals surface area (Å²) in [4.78, 5) is 7.43. The lowest BCUT2D eigenvalue weighted by molar-refractivity contribution is 1.33. The van der Waals surface area contributed by atoms with Crippen LogP contribution in [0.1, 0.15) is 0 Å². The third kappa shape index (κ3) is 1.57. The maximum Gasteiger partial charge on any atom is 0.137 e. The summed E-state index contributed by atoms with van der Waals surface area (Å²) in [5.74, 6) is 0. The molecule has 0 aliphatic carbocycles. The fourth-order valence-electron chi connectivity index (χ4n) is 1.74. The summed E-state index contributed by atoms with van der Waals surface area (Å²) < 4.78 is 0. The second-order valence-electron chi connectivity index (χ2n) is 3.65. The van der Waals surface area contributed by atoms with Gasteiger partial charge >= 0.3 is 0 Å². The molecule has 0 amide bonds. The number of halogens is 1. The number of hydrogen-bond acceptors (Lipinski definition) is 1. The average molecular weight is 229 g/mol. The molecule has 2 nitrogen and oxygen atoms in total. The highest BCUT2D eigenvalue weighted by atomic mass is 35.5. The summed E-state index contributed by atoms with van der Waals surface area (Å²) in [5.41, 5.74) is 3.14. The summed E-state index contributed by atoms with van der Waals surface area (Å²) in [6.45, 7) is 0. The van der Waals surface area contributed by atoms with Gasteiger partial charge in [-0.15, -0.1) is 0 Å². The van der Waals surface area contributed by atoms with Gasteiger partial charge < -0.3 is 4.98 Å². The molecular formula is C13H9ClN2. The first-order valence-corrected chi connectivity index (χ1v) is 5.40. The van der Waals surface area contributed by atoms with Crippen molar-refractivity contribution in [2.45, 2.75) is 0 Å². The molecule has 1 aromatic carbocycles. The Hall–Kier alpha value is -1.80. The van der Waals surface area contributed by atoms with E-state index in [-0.39, 0.29) is 0 Å². The maximum absolute atomic E-state index is 5.86. The fraction of sp³-hybridized carbons (Fsp3) is 0. The van der Waals surface area contributed by atoms with Gasteiger partial charge in [-0.05, 0) is 29.8 Å². The van der Waals surface area contributed by atoms with Crippen molar-refractivity contribution in [1.29, 1.82) is 0 Å². The highest BCUT2D eigenvalue weighted by Crippen LogP contribution is 2.23. The van der Waals surface area contributed by atoms with E-state index < -0.39 is 0 Å². The minimum Gasteiger partial charge on any atom is -0.346 e. The minimum absolute atomic E-state index is 0.749. The number of pyridine rings is 1. The molecule has 0 aliphatic heterocycles. The zero-order valence-corrected chi connectivity index (χ0v) is 9.20. The Kier molecular flexibility index (Phi) is 2.15. The van der Waals surface area contributed by atoms with Crippen molar-refractivity contribution in [2.24, 2.45) is 0 Å². The molecule has 0 saturated carbocycles. The van der Waals surface area contributed by atoms with Gasteiger partial charge in [0.05, 0.1) is 0 Å². The predicted molar refractivity (Wildman–Crippen MR) is 66.5 cm³/mol. The first-order chi connectivity index (χ1) is 7.83. The second kappa shape index (κ2) is 3.65. The van der Waals surface area contributed by atoms with E-state index in [1.807, 2.05) is 42.7 Å². The van der Waals surface area contributed by atoms with E-state index >= 15 is 0 Å². The number of aromatic nitrogens is 2. The Labute approximate surface area is 97.9 Å². The lowest BCUT2D eigenvalue weighted by atomic mass is 10.1. The Morgan fingerprint density at radius 3 is 2.62 bits per heavy atom. The van der Waals surface area contributed by atoms with Crippen LogP contribution in [0.25, 0.3) is 22.2 Å². The van der Waals surface area contributed by atoms with Gasteiger partial charge in [-0.2, -0.15) is 0 Å². The Balaban J connectivity index is 2.14. The van der Waals surface area contributed by atoms with Gasteiger partial charge in [0.25, 0.3) is 0 Å². The molecule has 0 spiro atoms. The van der Waals surface area contributed by atoms with Crippen molar-refractivity contribution in [3.05, 3.63) is 53.8 Å². The standard InChI is InChI=1S/C13H9ClN2/c14-12-3-1-9(2-4-12)11-7-10-5-6-15-13(10)16-8-11/h1-8H,(H,15,16). The molecule has 2 heterocycles. The summed E-state index contributed by atoms with van der Waals surface area (Å²) >= 11 is 5.86. The van der Waals surface area contributed by atoms with E-state index in [0.717, 1.165) is 27.2 Å². The number of nitrogens with zero attached hydrogens (tertiary/aromatic N) is 1. The van der Waals surface area contributed by atoms with Gasteiger partial charge in [0.2, 0.25) is 0 Å². The molecule has 3 heteroatoms. The smallest absolute Gasteiger partial charge is 0.137 e. The number of H-pyrrole nitrogens is 1. The van der Waals surface area contributed by atoms with E-state index in [4.69, 9.17) is 11.6 Å². The minimum atomic E-state index is 0.749. The molecule has 0 saturated heterocycles. The summed E-state index contributed by atoms with van der Waals surface area (Å²) in [6.07, 6.45) is 3.76. The van der Waals surface area contributed by atoms with Crippen LogP contribution in [0.2, 0.25) is 5.02 Å². The largest absolute Gasteiger partial charge is 0.346 e. The van der Waals surface area contributed by atoms with Crippen LogP contribution in [0.4, 0.5) is 0 Å². The van der Waals surface area contributed by atoms with Crippen LogP contribution in [0.3, 0.4) is 0 Å². The molecule has 3 aromatic rings. The maximum atomic E-state index is 5.86. The number of fused-ring (bicyclic) bond motifs is 1. The molecule has 3 rings (SSSR count). The van der Waals surface area contributed by atoms with Crippen molar-refractivity contribution in [2.75, 3.05) is 0 Å².